The second kappa shape index (κ2) is 12.9. The smallest absolute Gasteiger partial charge is 0.277 e. The van der Waals surface area contributed by atoms with E-state index in [-0.39, 0.29) is 22.9 Å². The number of H-pyrrole nitrogens is 1. The largest absolute Gasteiger partial charge is 0.310 e. The zero-order chi connectivity index (χ0) is 23.6. The molecule has 0 aliphatic heterocycles. The molecular weight excluding hydrogens is 417 g/mol. The van der Waals surface area contributed by atoms with Crippen molar-refractivity contribution in [1.29, 1.82) is 0 Å². The highest BCUT2D eigenvalue weighted by molar-refractivity contribution is 7.18. The van der Waals surface area contributed by atoms with E-state index in [0.29, 0.717) is 11.7 Å². The molecule has 0 fully saturated rings. The average molecular weight is 455 g/mol. The molecule has 3 N–H and O–H groups in total. The van der Waals surface area contributed by atoms with Crippen LogP contribution in [-0.4, -0.2) is 22.2 Å². The minimum Gasteiger partial charge on any atom is -0.310 e. The molecule has 0 amide bonds. The molecule has 2 unspecified atom stereocenters. The normalized spacial score (nSPS) is 13.2. The number of nitrogens with one attached hydrogen (secondary N) is 1. The maximum Gasteiger partial charge on any atom is 0.277 e. The first-order chi connectivity index (χ1) is 14.5. The first kappa shape index (κ1) is 27.2. The van der Waals surface area contributed by atoms with Crippen molar-refractivity contribution in [3.8, 4) is 0 Å². The summed E-state index contributed by atoms with van der Waals surface area (Å²) in [5.41, 5.74) is -1.74. The molecule has 0 spiro atoms. The van der Waals surface area contributed by atoms with Crippen LogP contribution in [0.25, 0.3) is 0 Å². The van der Waals surface area contributed by atoms with Gasteiger partial charge in [0.2, 0.25) is 0 Å². The van der Waals surface area contributed by atoms with E-state index in [2.05, 4.69) is 55.0 Å². The number of nitrogens with zero attached hydrogens (tertiary/aromatic N) is 2. The van der Waals surface area contributed by atoms with Crippen molar-refractivity contribution in [2.75, 3.05) is 11.6 Å². The topological polar surface area (TPSA) is 75.0 Å². The summed E-state index contributed by atoms with van der Waals surface area (Å²) in [5.74, 6) is 6.73. The molecule has 0 saturated carbocycles. The molecule has 3 atom stereocenters. The van der Waals surface area contributed by atoms with E-state index in [1.54, 1.807) is 0 Å². The summed E-state index contributed by atoms with van der Waals surface area (Å²) in [6.45, 7) is 9.19. The Kier molecular flexibility index (Phi) is 11.3. The summed E-state index contributed by atoms with van der Waals surface area (Å²) in [7, 11) is 1.44. The minimum absolute atomic E-state index is 0.0620. The Morgan fingerprint density at radius 1 is 1.23 bits per heavy atom. The molecule has 0 aliphatic carbocycles. The van der Waals surface area contributed by atoms with Crippen molar-refractivity contribution in [1.82, 2.24) is 9.97 Å². The molecule has 8 heteroatoms. The maximum atomic E-state index is 13.2. The Morgan fingerprint density at radius 3 is 2.29 bits per heavy atom. The van der Waals surface area contributed by atoms with E-state index in [4.69, 9.17) is 5.84 Å². The fourth-order valence-corrected chi connectivity index (χ4v) is 3.73. The highest BCUT2D eigenvalue weighted by Crippen LogP contribution is 2.30. The molecule has 1 heterocycles. The summed E-state index contributed by atoms with van der Waals surface area (Å²) < 4.78 is 26.3. The number of aromatic amines is 1. The Hall–Kier alpha value is -1.85. The van der Waals surface area contributed by atoms with E-state index in [1.807, 2.05) is 13.0 Å². The van der Waals surface area contributed by atoms with Crippen molar-refractivity contribution in [2.24, 2.45) is 11.8 Å². The van der Waals surface area contributed by atoms with Crippen LogP contribution in [0.5, 0.6) is 0 Å². The number of rotatable bonds is 9. The van der Waals surface area contributed by atoms with Gasteiger partial charge in [-0.2, -0.15) is 0 Å². The first-order valence-electron chi connectivity index (χ1n) is 10.9. The second-order valence-electron chi connectivity index (χ2n) is 7.91. The zero-order valence-electron chi connectivity index (χ0n) is 19.3. The van der Waals surface area contributed by atoms with Crippen molar-refractivity contribution in [3.05, 3.63) is 57.6 Å². The van der Waals surface area contributed by atoms with Gasteiger partial charge in [-0.1, -0.05) is 80.1 Å². The van der Waals surface area contributed by atoms with Gasteiger partial charge in [0.1, 0.15) is 12.4 Å². The van der Waals surface area contributed by atoms with Gasteiger partial charge in [0, 0.05) is 5.92 Å². The number of hydrazine groups is 1. The van der Waals surface area contributed by atoms with Crippen LogP contribution in [-0.2, 0) is 6.42 Å². The van der Waals surface area contributed by atoms with Crippen LogP contribution in [0.2, 0.25) is 0 Å². The zero-order valence-corrected chi connectivity index (χ0v) is 20.4. The van der Waals surface area contributed by atoms with Crippen LogP contribution in [0.15, 0.2) is 35.1 Å². The van der Waals surface area contributed by atoms with Gasteiger partial charge in [-0.3, -0.25) is 9.80 Å². The molecule has 0 aliphatic rings. The molecule has 1 aromatic heterocycles. The van der Waals surface area contributed by atoms with Crippen LogP contribution < -0.4 is 16.4 Å². The van der Waals surface area contributed by atoms with E-state index in [0.717, 1.165) is 30.7 Å². The number of alkyl halides is 2. The lowest BCUT2D eigenvalue weighted by molar-refractivity contribution is 0.111. The molecular formula is C23H37F2N4OP. The molecule has 1 aromatic carbocycles. The number of benzene rings is 1. The predicted octanol–water partition coefficient (Wildman–Crippen LogP) is 5.41. The van der Waals surface area contributed by atoms with Crippen molar-refractivity contribution >= 4 is 15.1 Å². The Bertz CT molecular complexity index is 840. The molecule has 2 aromatic rings. The molecule has 174 valence electrons. The number of aromatic nitrogens is 2. The van der Waals surface area contributed by atoms with E-state index in [1.165, 1.54) is 21.7 Å². The summed E-state index contributed by atoms with van der Waals surface area (Å²) in [6.07, 6.45) is 3.97. The molecule has 0 saturated heterocycles. The molecule has 0 radical (unpaired) electrons. The van der Waals surface area contributed by atoms with Gasteiger partial charge in [-0.15, -0.1) is 0 Å². The van der Waals surface area contributed by atoms with Crippen LogP contribution in [0.4, 0.5) is 14.6 Å². The molecule has 5 nitrogen and oxygen atoms in total. The van der Waals surface area contributed by atoms with Crippen molar-refractivity contribution < 1.29 is 8.78 Å². The van der Waals surface area contributed by atoms with Gasteiger partial charge in [-0.25, -0.2) is 19.6 Å². The van der Waals surface area contributed by atoms with Crippen LogP contribution in [0.1, 0.15) is 69.8 Å². The fraction of sp³-hybridized carbons (Fsp3) is 0.565. The quantitative estimate of drug-likeness (QED) is 0.302. The molecule has 31 heavy (non-hydrogen) atoms. The number of hydrogen-bond donors (Lipinski definition) is 2. The third-order valence-corrected chi connectivity index (χ3v) is 5.45. The van der Waals surface area contributed by atoms with Crippen LogP contribution >= 0.6 is 9.24 Å². The molecule has 2 rings (SSSR count). The number of hydrogen-bond acceptors (Lipinski definition) is 4. The fourth-order valence-electron chi connectivity index (χ4n) is 3.53. The third-order valence-electron chi connectivity index (χ3n) is 5.27. The second-order valence-corrected chi connectivity index (χ2v) is 8.75. The summed E-state index contributed by atoms with van der Waals surface area (Å²) in [5, 5.41) is 0.846. The SMILES string of the molecule is CCCC(C)[C@@H](CC)c1nc(N(N)CC(F)(F)P)c(C)c(=O)[nH]1.CCc1ccccc1. The lowest BCUT2D eigenvalue weighted by Gasteiger charge is -2.26. The van der Waals surface area contributed by atoms with Crippen molar-refractivity contribution in [3.63, 3.8) is 0 Å². The lowest BCUT2D eigenvalue weighted by atomic mass is 9.87. The van der Waals surface area contributed by atoms with Crippen LogP contribution in [0, 0.1) is 12.8 Å². The van der Waals surface area contributed by atoms with Crippen LogP contribution in [0.3, 0.4) is 0 Å². The highest BCUT2D eigenvalue weighted by atomic mass is 31.0. The number of aryl methyl sites for hydroxylation is 1. The minimum atomic E-state index is -3.05. The Balaban J connectivity index is 0.000000500. The average Bonchev–Trinajstić information content (AvgIpc) is 2.71. The van der Waals surface area contributed by atoms with E-state index >= 15 is 0 Å². The highest BCUT2D eigenvalue weighted by Gasteiger charge is 2.27. The summed E-state index contributed by atoms with van der Waals surface area (Å²) in [6, 6.07) is 10.5. The van der Waals surface area contributed by atoms with Gasteiger partial charge in [0.15, 0.2) is 5.82 Å². The van der Waals surface area contributed by atoms with Crippen molar-refractivity contribution in [2.45, 2.75) is 71.9 Å². The van der Waals surface area contributed by atoms with Gasteiger partial charge in [0.25, 0.3) is 11.2 Å². The third kappa shape index (κ3) is 9.04. The predicted molar refractivity (Wildman–Crippen MR) is 129 cm³/mol. The van der Waals surface area contributed by atoms with E-state index < -0.39 is 12.2 Å². The standard InChI is InChI=1S/C15H27F2N4OP.C8H10/c1-5-7-9(3)11(6-2)12-19-13(10(4)14(22)20-12)21(18)8-15(16,17)23;1-2-8-6-4-3-5-7-8/h9,11H,5-8,18,23H2,1-4H3,(H,19,20,22);3-7H,2H2,1H3/t9?,11-;/m1./s1. The van der Waals surface area contributed by atoms with Gasteiger partial charge >= 0.3 is 0 Å². The summed E-state index contributed by atoms with van der Waals surface area (Å²) >= 11 is 0. The van der Waals surface area contributed by atoms with E-state index in [9.17, 15) is 13.6 Å². The van der Waals surface area contributed by atoms with Gasteiger partial charge < -0.3 is 4.98 Å². The summed E-state index contributed by atoms with van der Waals surface area (Å²) in [4.78, 5) is 19.3. The lowest BCUT2D eigenvalue weighted by Crippen LogP contribution is -2.41. The Labute approximate surface area is 187 Å². The first-order valence-corrected chi connectivity index (χ1v) is 11.4. The monoisotopic (exact) mass is 454 g/mol. The number of nitrogens with two attached hydrogens (primary N) is 1. The Morgan fingerprint density at radius 2 is 1.84 bits per heavy atom. The van der Waals surface area contributed by atoms with Gasteiger partial charge in [0.05, 0.1) is 5.56 Å². The molecule has 0 bridgehead atoms. The maximum absolute atomic E-state index is 13.2. The number of halogens is 2. The number of anilines is 1. The van der Waals surface area contributed by atoms with Gasteiger partial charge in [-0.05, 0) is 31.2 Å².